The zero-order valence-electron chi connectivity index (χ0n) is 31.0. The summed E-state index contributed by atoms with van der Waals surface area (Å²) in [6.07, 6.45) is -0.604. The highest BCUT2D eigenvalue weighted by Gasteiger charge is 2.46. The molecular weight excluding hydrogens is 702 g/mol. The molecule has 55 heavy (non-hydrogen) atoms. The second kappa shape index (κ2) is 15.6. The van der Waals surface area contributed by atoms with E-state index >= 15 is 0 Å². The fraction of sp³-hybridized carbons (Fsp3) is 0.432. The Morgan fingerprint density at radius 2 is 1.71 bits per heavy atom. The lowest BCUT2D eigenvalue weighted by molar-refractivity contribution is -0.170. The van der Waals surface area contributed by atoms with Crippen LogP contribution in [0.15, 0.2) is 66.2 Å². The van der Waals surface area contributed by atoms with E-state index in [1.807, 2.05) is 24.3 Å². The van der Waals surface area contributed by atoms with Crippen LogP contribution >= 0.6 is 0 Å². The van der Waals surface area contributed by atoms with Gasteiger partial charge in [0.2, 0.25) is 0 Å². The van der Waals surface area contributed by atoms with Crippen LogP contribution in [0, 0.1) is 23.7 Å². The first kappa shape index (κ1) is 38.3. The minimum atomic E-state index is -1.67. The molecule has 0 radical (unpaired) electrons. The summed E-state index contributed by atoms with van der Waals surface area (Å²) < 4.78 is 11.8. The summed E-state index contributed by atoms with van der Waals surface area (Å²) >= 11 is 0. The second-order valence-corrected chi connectivity index (χ2v) is 15.7. The van der Waals surface area contributed by atoms with Crippen LogP contribution in [0.1, 0.15) is 90.3 Å². The van der Waals surface area contributed by atoms with Crippen LogP contribution in [-0.2, 0) is 38.4 Å². The van der Waals surface area contributed by atoms with Crippen LogP contribution < -0.4 is 10.1 Å². The fourth-order valence-electron chi connectivity index (χ4n) is 8.56. The average Bonchev–Trinajstić information content (AvgIpc) is 3.13. The zero-order valence-corrected chi connectivity index (χ0v) is 31.0. The average molecular weight is 750 g/mol. The Kier molecular flexibility index (Phi) is 10.9. The van der Waals surface area contributed by atoms with Gasteiger partial charge in [-0.3, -0.25) is 9.59 Å². The molecule has 3 heterocycles. The van der Waals surface area contributed by atoms with Gasteiger partial charge in [-0.2, -0.15) is 0 Å². The summed E-state index contributed by atoms with van der Waals surface area (Å²) in [6, 6.07) is 15.3. The van der Waals surface area contributed by atoms with E-state index in [4.69, 9.17) is 9.47 Å². The number of esters is 2. The molecule has 3 aromatic rings. The largest absolute Gasteiger partial charge is 0.508 e. The molecule has 1 saturated carbocycles. The van der Waals surface area contributed by atoms with Crippen molar-refractivity contribution in [2.45, 2.75) is 94.0 Å². The summed E-state index contributed by atoms with van der Waals surface area (Å²) in [7, 11) is 1.69. The number of aliphatic hydroxyl groups excluding tert-OH is 2. The molecule has 0 aromatic heterocycles. The number of rotatable bonds is 4. The maximum atomic E-state index is 14.6. The van der Waals surface area contributed by atoms with E-state index in [1.165, 1.54) is 24.3 Å². The van der Waals surface area contributed by atoms with Gasteiger partial charge in [-0.05, 0) is 97.7 Å². The molecule has 0 saturated heterocycles. The number of aliphatic hydroxyl groups is 3. The lowest BCUT2D eigenvalue weighted by atomic mass is 9.68. The number of hydrogen-bond donors (Lipinski definition) is 6. The quantitative estimate of drug-likeness (QED) is 0.128. The van der Waals surface area contributed by atoms with Crippen molar-refractivity contribution < 1.29 is 49.4 Å². The lowest BCUT2D eigenvalue weighted by Gasteiger charge is -2.42. The third-order valence-corrected chi connectivity index (χ3v) is 11.7. The molecule has 1 aliphatic carbocycles. The number of ketones is 1. The topological polar surface area (TPSA) is 183 Å². The van der Waals surface area contributed by atoms with E-state index in [0.717, 1.165) is 11.1 Å². The van der Waals surface area contributed by atoms with Gasteiger partial charge >= 0.3 is 11.9 Å². The van der Waals surface area contributed by atoms with Crippen molar-refractivity contribution in [2.24, 2.45) is 11.8 Å². The number of Topliss-reactive ketones (excluding diaryl/α,β-unsaturated/α-hetero) is 1. The molecule has 6 N–H and O–H groups in total. The van der Waals surface area contributed by atoms with Crippen molar-refractivity contribution in [2.75, 3.05) is 13.6 Å². The highest BCUT2D eigenvalue weighted by atomic mass is 16.6. The Bertz CT molecular complexity index is 2090. The number of likely N-dealkylation sites (N-methyl/N-ethyl adjacent to an activating group) is 1. The molecule has 0 unspecified atom stereocenters. The van der Waals surface area contributed by atoms with Crippen molar-refractivity contribution in [1.82, 2.24) is 5.32 Å². The lowest BCUT2D eigenvalue weighted by Crippen LogP contribution is -2.52. The monoisotopic (exact) mass is 749 g/mol. The number of carbonyl (C=O) groups is 3. The van der Waals surface area contributed by atoms with E-state index in [1.54, 1.807) is 26.1 Å². The van der Waals surface area contributed by atoms with Crippen LogP contribution in [0.3, 0.4) is 0 Å². The Morgan fingerprint density at radius 1 is 0.945 bits per heavy atom. The van der Waals surface area contributed by atoms with Crippen LogP contribution in [0.4, 0.5) is 0 Å². The van der Waals surface area contributed by atoms with Gasteiger partial charge in [0, 0.05) is 54.8 Å². The Labute approximate surface area is 320 Å². The highest BCUT2D eigenvalue weighted by molar-refractivity contribution is 5.89. The molecule has 1 fully saturated rings. The van der Waals surface area contributed by atoms with Gasteiger partial charge < -0.3 is 40.3 Å². The summed E-state index contributed by atoms with van der Waals surface area (Å²) in [4.78, 5) is 40.7. The van der Waals surface area contributed by atoms with Gasteiger partial charge in [-0.15, -0.1) is 0 Å². The van der Waals surface area contributed by atoms with E-state index < -0.39 is 53.6 Å². The van der Waals surface area contributed by atoms with Crippen molar-refractivity contribution >= 4 is 17.7 Å². The molecular formula is C44H47NO10. The normalized spacial score (nSPS) is 29.6. The van der Waals surface area contributed by atoms with Crippen LogP contribution in [0.5, 0.6) is 17.2 Å². The first-order chi connectivity index (χ1) is 26.3. The first-order valence-electron chi connectivity index (χ1n) is 18.9. The molecule has 11 heteroatoms. The minimum Gasteiger partial charge on any atom is -0.508 e. The molecule has 0 spiro atoms. The number of phenols is 2. The third kappa shape index (κ3) is 8.33. The predicted molar refractivity (Wildman–Crippen MR) is 201 cm³/mol. The van der Waals surface area contributed by atoms with Crippen molar-refractivity contribution in [1.29, 1.82) is 0 Å². The molecule has 4 aliphatic rings. The molecule has 8 atom stereocenters. The third-order valence-electron chi connectivity index (χ3n) is 11.7. The molecule has 8 bridgehead atoms. The van der Waals surface area contributed by atoms with Gasteiger partial charge in [0.1, 0.15) is 34.7 Å². The van der Waals surface area contributed by atoms with Gasteiger partial charge in [-0.1, -0.05) is 42.2 Å². The molecule has 7 rings (SSSR count). The zero-order chi connectivity index (χ0) is 39.0. The van der Waals surface area contributed by atoms with Crippen molar-refractivity contribution in [3.05, 3.63) is 99.6 Å². The Morgan fingerprint density at radius 3 is 2.49 bits per heavy atom. The molecule has 0 amide bonds. The molecule has 3 aromatic carbocycles. The smallest absolute Gasteiger partial charge is 0.334 e. The maximum absolute atomic E-state index is 14.6. The summed E-state index contributed by atoms with van der Waals surface area (Å²) in [6.45, 7) is 1.81. The van der Waals surface area contributed by atoms with Gasteiger partial charge in [0.25, 0.3) is 0 Å². The van der Waals surface area contributed by atoms with Crippen LogP contribution in [-0.4, -0.2) is 74.7 Å². The van der Waals surface area contributed by atoms with Crippen LogP contribution in [0.2, 0.25) is 0 Å². The number of phenolic OH excluding ortho intramolecular Hbond substituents is 2. The number of hydrogen-bond acceptors (Lipinski definition) is 11. The number of benzene rings is 3. The van der Waals surface area contributed by atoms with Crippen molar-refractivity contribution in [3.8, 4) is 29.1 Å². The maximum Gasteiger partial charge on any atom is 0.334 e. The fourth-order valence-corrected chi connectivity index (χ4v) is 8.56. The molecule has 288 valence electrons. The SMILES string of the molecule is CNC[C@H](O)c1cc(O)cc([C@@H]2C#C[C@H]3CC(=O)Oc4cc(O)c(cc43)C[C@H]3OC(=O)/C(=C\[C@H](O)Cc4cccc(c4)C[C@@H]4C[C@H](CCC4=O)[C@]3(C)O)C2)c1. The number of nitrogens with one attached hydrogen (secondary N) is 1. The van der Waals surface area contributed by atoms with E-state index in [2.05, 4.69) is 17.2 Å². The first-order valence-corrected chi connectivity index (χ1v) is 18.9. The van der Waals surface area contributed by atoms with Gasteiger partial charge in [0.15, 0.2) is 0 Å². The molecule has 3 aliphatic heterocycles. The van der Waals surface area contributed by atoms with Gasteiger partial charge in [0.05, 0.1) is 24.5 Å². The molecule has 11 nitrogen and oxygen atoms in total. The summed E-state index contributed by atoms with van der Waals surface area (Å²) in [5.41, 5.74) is 1.91. The van der Waals surface area contributed by atoms with Crippen molar-refractivity contribution in [3.63, 3.8) is 0 Å². The minimum absolute atomic E-state index is 0.0647. The highest BCUT2D eigenvalue weighted by Crippen LogP contribution is 2.43. The predicted octanol–water partition coefficient (Wildman–Crippen LogP) is 4.21. The van der Waals surface area contributed by atoms with Gasteiger partial charge in [-0.25, -0.2) is 4.79 Å². The number of carbonyl (C=O) groups excluding carboxylic acids is 3. The number of aromatic hydroxyl groups is 2. The van der Waals surface area contributed by atoms with E-state index in [9.17, 15) is 39.9 Å². The standard InChI is InChI=1S/C44H47NO10/c1-44(53)33-8-9-37(48)29(15-33)11-24-4-3-5-25(10-24)12-34(46)18-32-13-26(28-14-30(17-35(47)16-28)39(50)23-45-2)6-7-27-21-42(51)54-40-22-38(49)31(19-36(27)40)20-41(44)55-43(32)52/h3-5,10,14,16-19,22,26-27,29,33-34,39,41,45-47,49-50,53H,8-9,11-13,15,20-21,23H2,1-2H3/b32-18-/t26-,27+,29-,33+,34-,39+,41-,44+/m1/s1. The number of fused-ring (bicyclic) bond motifs is 8. The summed E-state index contributed by atoms with van der Waals surface area (Å²) in [5.74, 6) is 2.72. The summed E-state index contributed by atoms with van der Waals surface area (Å²) in [5, 5.41) is 59.9. The van der Waals surface area contributed by atoms with E-state index in [-0.39, 0.29) is 73.2 Å². The number of ether oxygens (including phenoxy) is 2. The van der Waals surface area contributed by atoms with E-state index in [0.29, 0.717) is 41.5 Å². The second-order valence-electron chi connectivity index (χ2n) is 15.7. The Balaban J connectivity index is 1.42. The Hall–Kier alpha value is -4.99. The van der Waals surface area contributed by atoms with Crippen LogP contribution in [0.25, 0.3) is 0 Å².